The molecule has 2 aliphatic heterocycles. The minimum atomic E-state index is 0.279. The van der Waals surface area contributed by atoms with E-state index in [1.807, 2.05) is 4.90 Å². The fourth-order valence-electron chi connectivity index (χ4n) is 3.19. The number of hydrogen-bond donors (Lipinski definition) is 1. The van der Waals surface area contributed by atoms with Crippen molar-refractivity contribution in [2.45, 2.75) is 64.2 Å². The molecule has 2 N–H and O–H groups in total. The Morgan fingerprint density at radius 3 is 2.72 bits per heavy atom. The highest BCUT2D eigenvalue weighted by Crippen LogP contribution is 2.26. The van der Waals surface area contributed by atoms with Gasteiger partial charge in [-0.15, -0.1) is 0 Å². The van der Waals surface area contributed by atoms with E-state index in [4.69, 9.17) is 10.5 Å². The number of carbonyl (C=O) groups excluding carboxylic acids is 1. The second-order valence-electron chi connectivity index (χ2n) is 5.92. The van der Waals surface area contributed by atoms with E-state index in [-0.39, 0.29) is 5.91 Å². The van der Waals surface area contributed by atoms with Crippen LogP contribution in [0.15, 0.2) is 0 Å². The molecule has 2 heterocycles. The lowest BCUT2D eigenvalue weighted by atomic mass is 10.1. The topological polar surface area (TPSA) is 55.6 Å². The van der Waals surface area contributed by atoms with Crippen molar-refractivity contribution in [3.63, 3.8) is 0 Å². The molecule has 2 rings (SSSR count). The van der Waals surface area contributed by atoms with Crippen LogP contribution < -0.4 is 5.73 Å². The van der Waals surface area contributed by atoms with Crippen LogP contribution in [-0.4, -0.2) is 42.1 Å². The van der Waals surface area contributed by atoms with Gasteiger partial charge in [-0.2, -0.15) is 0 Å². The molecule has 2 aliphatic rings. The predicted octanol–water partition coefficient (Wildman–Crippen LogP) is 1.53. The SMILES string of the molecule is CC1CCC(CCC(=O)N2CC(CN)CC2C)O1. The van der Waals surface area contributed by atoms with E-state index >= 15 is 0 Å². The summed E-state index contributed by atoms with van der Waals surface area (Å²) < 4.78 is 5.75. The molecular formula is C14H26N2O2. The standard InChI is InChI=1S/C14H26N2O2/c1-10-7-12(8-15)9-16(10)14(17)6-5-13-4-3-11(2)18-13/h10-13H,3-9,15H2,1-2H3. The highest BCUT2D eigenvalue weighted by atomic mass is 16.5. The van der Waals surface area contributed by atoms with Crippen molar-refractivity contribution < 1.29 is 9.53 Å². The van der Waals surface area contributed by atoms with Crippen molar-refractivity contribution >= 4 is 5.91 Å². The zero-order chi connectivity index (χ0) is 13.1. The van der Waals surface area contributed by atoms with E-state index in [0.717, 1.165) is 32.2 Å². The molecule has 0 radical (unpaired) electrons. The van der Waals surface area contributed by atoms with Crippen LogP contribution in [0, 0.1) is 5.92 Å². The summed E-state index contributed by atoms with van der Waals surface area (Å²) in [6.07, 6.45) is 5.46. The third kappa shape index (κ3) is 3.23. The minimum Gasteiger partial charge on any atom is -0.375 e. The molecule has 0 saturated carbocycles. The smallest absolute Gasteiger partial charge is 0.222 e. The van der Waals surface area contributed by atoms with Gasteiger partial charge in [0, 0.05) is 19.0 Å². The monoisotopic (exact) mass is 254 g/mol. The molecule has 0 spiro atoms. The van der Waals surface area contributed by atoms with Gasteiger partial charge in [-0.3, -0.25) is 4.79 Å². The van der Waals surface area contributed by atoms with Crippen LogP contribution >= 0.6 is 0 Å². The van der Waals surface area contributed by atoms with Gasteiger partial charge in [-0.25, -0.2) is 0 Å². The van der Waals surface area contributed by atoms with Crippen molar-refractivity contribution in [2.24, 2.45) is 11.7 Å². The van der Waals surface area contributed by atoms with Gasteiger partial charge >= 0.3 is 0 Å². The number of nitrogens with zero attached hydrogens (tertiary/aromatic N) is 1. The Morgan fingerprint density at radius 1 is 1.39 bits per heavy atom. The molecule has 1 amide bonds. The first-order chi connectivity index (χ1) is 8.60. The average molecular weight is 254 g/mol. The summed E-state index contributed by atoms with van der Waals surface area (Å²) in [7, 11) is 0. The predicted molar refractivity (Wildman–Crippen MR) is 71.1 cm³/mol. The Balaban J connectivity index is 1.74. The summed E-state index contributed by atoms with van der Waals surface area (Å²) >= 11 is 0. The van der Waals surface area contributed by atoms with Crippen LogP contribution in [-0.2, 0) is 9.53 Å². The van der Waals surface area contributed by atoms with Crippen LogP contribution in [0.1, 0.15) is 46.0 Å². The Kier molecular flexibility index (Phi) is 4.62. The highest BCUT2D eigenvalue weighted by Gasteiger charge is 2.32. The second-order valence-corrected chi connectivity index (χ2v) is 5.92. The van der Waals surface area contributed by atoms with Crippen molar-refractivity contribution in [3.8, 4) is 0 Å². The molecular weight excluding hydrogens is 228 g/mol. The molecule has 4 atom stereocenters. The maximum absolute atomic E-state index is 12.2. The van der Waals surface area contributed by atoms with Gasteiger partial charge in [-0.05, 0) is 52.0 Å². The zero-order valence-corrected chi connectivity index (χ0v) is 11.6. The molecule has 0 aliphatic carbocycles. The van der Waals surface area contributed by atoms with Gasteiger partial charge in [0.15, 0.2) is 0 Å². The number of carbonyl (C=O) groups is 1. The summed E-state index contributed by atoms with van der Waals surface area (Å²) in [5.74, 6) is 0.772. The normalized spacial score (nSPS) is 36.3. The summed E-state index contributed by atoms with van der Waals surface area (Å²) in [5, 5.41) is 0. The molecule has 2 fully saturated rings. The molecule has 0 aromatic rings. The average Bonchev–Trinajstić information content (AvgIpc) is 2.92. The van der Waals surface area contributed by atoms with E-state index in [1.165, 1.54) is 0 Å². The van der Waals surface area contributed by atoms with Gasteiger partial charge in [0.25, 0.3) is 0 Å². The van der Waals surface area contributed by atoms with Gasteiger partial charge in [0.1, 0.15) is 0 Å². The Bertz CT molecular complexity index is 296. The third-order valence-corrected chi connectivity index (χ3v) is 4.32. The number of hydrogen-bond acceptors (Lipinski definition) is 3. The van der Waals surface area contributed by atoms with Gasteiger partial charge in [0.05, 0.1) is 12.2 Å². The molecule has 4 nitrogen and oxygen atoms in total. The van der Waals surface area contributed by atoms with Crippen LogP contribution in [0.2, 0.25) is 0 Å². The Hall–Kier alpha value is -0.610. The molecule has 2 saturated heterocycles. The van der Waals surface area contributed by atoms with Crippen LogP contribution in [0.5, 0.6) is 0 Å². The summed E-state index contributed by atoms with van der Waals surface area (Å²) in [6, 6.07) is 0.356. The van der Waals surface area contributed by atoms with Crippen LogP contribution in [0.3, 0.4) is 0 Å². The number of likely N-dealkylation sites (tertiary alicyclic amines) is 1. The minimum absolute atomic E-state index is 0.279. The summed E-state index contributed by atoms with van der Waals surface area (Å²) in [6.45, 7) is 5.77. The van der Waals surface area contributed by atoms with Crippen molar-refractivity contribution in [3.05, 3.63) is 0 Å². The van der Waals surface area contributed by atoms with E-state index in [2.05, 4.69) is 13.8 Å². The first kappa shape index (κ1) is 13.8. The zero-order valence-electron chi connectivity index (χ0n) is 11.6. The van der Waals surface area contributed by atoms with E-state index < -0.39 is 0 Å². The molecule has 0 aromatic heterocycles. The first-order valence-corrected chi connectivity index (χ1v) is 7.25. The fourth-order valence-corrected chi connectivity index (χ4v) is 3.19. The van der Waals surface area contributed by atoms with Crippen molar-refractivity contribution in [2.75, 3.05) is 13.1 Å². The third-order valence-electron chi connectivity index (χ3n) is 4.32. The first-order valence-electron chi connectivity index (χ1n) is 7.25. The van der Waals surface area contributed by atoms with Crippen molar-refractivity contribution in [1.82, 2.24) is 4.90 Å². The lowest BCUT2D eigenvalue weighted by Gasteiger charge is -2.22. The molecule has 4 unspecified atom stereocenters. The van der Waals surface area contributed by atoms with Crippen LogP contribution in [0.25, 0.3) is 0 Å². The van der Waals surface area contributed by atoms with E-state index in [0.29, 0.717) is 37.1 Å². The van der Waals surface area contributed by atoms with Gasteiger partial charge < -0.3 is 15.4 Å². The Labute approximate surface area is 110 Å². The summed E-state index contributed by atoms with van der Waals surface area (Å²) in [4.78, 5) is 14.2. The number of ether oxygens (including phenoxy) is 1. The summed E-state index contributed by atoms with van der Waals surface area (Å²) in [5.41, 5.74) is 5.69. The van der Waals surface area contributed by atoms with Gasteiger partial charge in [-0.1, -0.05) is 0 Å². The maximum Gasteiger partial charge on any atom is 0.222 e. The fraction of sp³-hybridized carbons (Fsp3) is 0.929. The number of nitrogens with two attached hydrogens (primary N) is 1. The molecule has 0 aromatic carbocycles. The molecule has 18 heavy (non-hydrogen) atoms. The molecule has 0 bridgehead atoms. The lowest BCUT2D eigenvalue weighted by Crippen LogP contribution is -2.34. The lowest BCUT2D eigenvalue weighted by molar-refractivity contribution is -0.132. The molecule has 104 valence electrons. The quantitative estimate of drug-likeness (QED) is 0.827. The maximum atomic E-state index is 12.2. The number of amides is 1. The van der Waals surface area contributed by atoms with Crippen LogP contribution in [0.4, 0.5) is 0 Å². The largest absolute Gasteiger partial charge is 0.375 e. The Morgan fingerprint density at radius 2 is 2.17 bits per heavy atom. The van der Waals surface area contributed by atoms with Gasteiger partial charge in [0.2, 0.25) is 5.91 Å². The van der Waals surface area contributed by atoms with E-state index in [9.17, 15) is 4.79 Å². The second kappa shape index (κ2) is 6.02. The van der Waals surface area contributed by atoms with Crippen molar-refractivity contribution in [1.29, 1.82) is 0 Å². The highest BCUT2D eigenvalue weighted by molar-refractivity contribution is 5.76. The van der Waals surface area contributed by atoms with E-state index in [1.54, 1.807) is 0 Å². The number of rotatable bonds is 4. The molecule has 4 heteroatoms.